The van der Waals surface area contributed by atoms with Crippen molar-refractivity contribution in [1.29, 1.82) is 0 Å². The molecule has 0 saturated carbocycles. The van der Waals surface area contributed by atoms with E-state index in [2.05, 4.69) is 41.2 Å². The van der Waals surface area contributed by atoms with Crippen LogP contribution in [0.15, 0.2) is 124 Å². The number of Topliss-reactive ketones (excluding diaryl/α,β-unsaturated/α-hetero) is 1. The van der Waals surface area contributed by atoms with E-state index < -0.39 is 64.0 Å². The number of fused-ring (bicyclic) bond motifs is 1. The zero-order chi connectivity index (χ0) is 42.1. The van der Waals surface area contributed by atoms with Gasteiger partial charge in [-0.15, -0.1) is 15.3 Å². The summed E-state index contributed by atoms with van der Waals surface area (Å²) in [5.74, 6) is -1.16. The molecule has 296 valence electrons. The fourth-order valence-corrected chi connectivity index (χ4v) is 6.75. The molecule has 6 rings (SSSR count). The molecule has 0 aliphatic heterocycles. The fraction of sp³-hybridized carbons (Fsp3) is 0. The Balaban J connectivity index is 1.29. The van der Waals surface area contributed by atoms with Crippen molar-refractivity contribution in [2.24, 2.45) is 35.8 Å². The smallest absolute Gasteiger partial charge is 0.296 e. The predicted molar refractivity (Wildman–Crippen MR) is 222 cm³/mol. The van der Waals surface area contributed by atoms with Gasteiger partial charge < -0.3 is 28.7 Å². The predicted octanol–water partition coefficient (Wildman–Crippen LogP) is 8.29. The number of nitrogen functional groups attached to an aromatic ring is 5. The minimum atomic E-state index is -5.16. The van der Waals surface area contributed by atoms with Crippen molar-refractivity contribution in [2.75, 3.05) is 34.1 Å². The van der Waals surface area contributed by atoms with Gasteiger partial charge in [-0.25, -0.2) is 0 Å². The number of hydrogen-bond donors (Lipinski definition) is 8. The summed E-state index contributed by atoms with van der Waals surface area (Å²) in [6.45, 7) is 0. The molecule has 0 fully saturated rings. The largest absolute Gasteiger partial charge is 0.397 e. The number of hydrazone groups is 1. The molecule has 0 aromatic heterocycles. The highest BCUT2D eigenvalue weighted by atomic mass is 35.5. The standard InChI is InChI=1S/C34H27Cl2N13O7S2/c35-20-11-26(24(39)13-22(20)37)46-42-16-1-5-18(6-2-16)44-48-32-28(57(51,52)53)9-15-10-29(58(54,55)56)33(34(50)30(15)31(32)41)49-45-19-7-3-17(4-8-19)43-47-27-12-21(36)23(38)14-25(27)40/h1-14,45H,37-41H2,(H,51,52,53)(H,54,55,56)/b46-42?,47-43?,48-44?,49-33+. The van der Waals surface area contributed by atoms with Crippen LogP contribution in [0.5, 0.6) is 0 Å². The van der Waals surface area contributed by atoms with Crippen LogP contribution in [0.4, 0.5) is 68.2 Å². The van der Waals surface area contributed by atoms with E-state index >= 15 is 0 Å². The SMILES string of the molecule is Nc1cc(N)c(N=Nc2ccc(N=Nc3c(S(=O)(=O)O)cc4c(c3N)C(=O)/C(=N/Nc3ccc(N=Nc5cc(Cl)c(N)cc5N)cc3)C(S(=O)(=O)O)=C4)cc2)cc1Cl. The van der Waals surface area contributed by atoms with Gasteiger partial charge in [0.05, 0.1) is 66.8 Å². The molecule has 5 aromatic rings. The minimum Gasteiger partial charge on any atom is -0.397 e. The number of carbonyl (C=O) groups excluding carboxylic acids is 1. The van der Waals surface area contributed by atoms with Gasteiger partial charge in [0.1, 0.15) is 26.9 Å². The first-order valence-electron chi connectivity index (χ1n) is 16.0. The average Bonchev–Trinajstić information content (AvgIpc) is 3.15. The Labute approximate surface area is 338 Å². The van der Waals surface area contributed by atoms with E-state index in [0.29, 0.717) is 11.4 Å². The van der Waals surface area contributed by atoms with E-state index in [4.69, 9.17) is 51.9 Å². The van der Waals surface area contributed by atoms with Crippen LogP contribution < -0.4 is 34.1 Å². The zero-order valence-electron chi connectivity index (χ0n) is 29.1. The van der Waals surface area contributed by atoms with Gasteiger partial charge in [-0.1, -0.05) is 23.2 Å². The quantitative estimate of drug-likeness (QED) is 0.0284. The second-order valence-corrected chi connectivity index (χ2v) is 15.6. The van der Waals surface area contributed by atoms with E-state index in [1.807, 2.05) is 0 Å². The molecular formula is C34H27Cl2N13O7S2. The van der Waals surface area contributed by atoms with Crippen molar-refractivity contribution >= 4 is 129 Å². The summed E-state index contributed by atoms with van der Waals surface area (Å²) in [7, 11) is -10.3. The Kier molecular flexibility index (Phi) is 11.2. The van der Waals surface area contributed by atoms with Gasteiger partial charge in [-0.3, -0.25) is 19.3 Å². The number of rotatable bonds is 10. The molecule has 0 unspecified atom stereocenters. The van der Waals surface area contributed by atoms with Crippen molar-refractivity contribution < 1.29 is 30.7 Å². The minimum absolute atomic E-state index is 0.144. The number of nitrogens with two attached hydrogens (primary N) is 5. The topological polar surface area (TPSA) is 354 Å². The fourth-order valence-electron chi connectivity index (χ4n) is 5.11. The maximum atomic E-state index is 13.9. The van der Waals surface area contributed by atoms with Crippen molar-refractivity contribution in [3.63, 3.8) is 0 Å². The van der Waals surface area contributed by atoms with Crippen LogP contribution in [0.25, 0.3) is 6.08 Å². The Hall–Kier alpha value is -6.82. The number of carbonyl (C=O) groups is 1. The van der Waals surface area contributed by atoms with Crippen LogP contribution in [0, 0.1) is 0 Å². The van der Waals surface area contributed by atoms with Crippen LogP contribution in [0.1, 0.15) is 15.9 Å². The molecule has 1 aliphatic carbocycles. The first-order valence-corrected chi connectivity index (χ1v) is 19.6. The van der Waals surface area contributed by atoms with Gasteiger partial charge in [0.25, 0.3) is 20.2 Å². The summed E-state index contributed by atoms with van der Waals surface area (Å²) in [6.07, 6.45) is 0.760. The molecule has 0 amide bonds. The van der Waals surface area contributed by atoms with E-state index in [1.165, 1.54) is 72.8 Å². The van der Waals surface area contributed by atoms with Gasteiger partial charge in [0, 0.05) is 0 Å². The highest BCUT2D eigenvalue weighted by Crippen LogP contribution is 2.41. The van der Waals surface area contributed by atoms with Crippen molar-refractivity contribution in [2.45, 2.75) is 4.90 Å². The molecule has 0 saturated heterocycles. The summed E-state index contributed by atoms with van der Waals surface area (Å²) >= 11 is 12.1. The lowest BCUT2D eigenvalue weighted by molar-refractivity contribution is 0.106. The molecule has 20 nitrogen and oxygen atoms in total. The maximum Gasteiger partial charge on any atom is 0.296 e. The molecule has 0 atom stereocenters. The second-order valence-electron chi connectivity index (χ2n) is 12.0. The summed E-state index contributed by atoms with van der Waals surface area (Å²) in [6, 6.07) is 18.3. The first kappa shape index (κ1) is 40.8. The van der Waals surface area contributed by atoms with E-state index in [1.54, 1.807) is 0 Å². The molecule has 0 heterocycles. The lowest BCUT2D eigenvalue weighted by Crippen LogP contribution is -2.28. The van der Waals surface area contributed by atoms with Gasteiger partial charge >= 0.3 is 0 Å². The number of ketones is 1. The van der Waals surface area contributed by atoms with Crippen LogP contribution in [0.3, 0.4) is 0 Å². The van der Waals surface area contributed by atoms with E-state index in [-0.39, 0.29) is 55.5 Å². The van der Waals surface area contributed by atoms with Gasteiger partial charge in [-0.2, -0.15) is 37.3 Å². The van der Waals surface area contributed by atoms with Crippen molar-refractivity contribution in [3.8, 4) is 0 Å². The highest BCUT2D eigenvalue weighted by molar-refractivity contribution is 7.91. The first-order chi connectivity index (χ1) is 27.3. The van der Waals surface area contributed by atoms with Gasteiger partial charge in [0.2, 0.25) is 5.78 Å². The number of hydrogen-bond acceptors (Lipinski definition) is 18. The summed E-state index contributed by atoms with van der Waals surface area (Å²) in [5.41, 5.74) is 31.8. The normalized spacial score (nSPS) is 14.1. The van der Waals surface area contributed by atoms with E-state index in [0.717, 1.165) is 12.1 Å². The number of azo groups is 3. The van der Waals surface area contributed by atoms with Crippen molar-refractivity contribution in [1.82, 2.24) is 0 Å². The van der Waals surface area contributed by atoms with Gasteiger partial charge in [-0.05, 0) is 90.5 Å². The molecular weight excluding hydrogens is 837 g/mol. The highest BCUT2D eigenvalue weighted by Gasteiger charge is 2.37. The molecule has 58 heavy (non-hydrogen) atoms. The zero-order valence-corrected chi connectivity index (χ0v) is 32.3. The maximum absolute atomic E-state index is 13.9. The van der Waals surface area contributed by atoms with Crippen LogP contribution in [-0.4, -0.2) is 37.4 Å². The molecule has 1 aliphatic rings. The lowest BCUT2D eigenvalue weighted by Gasteiger charge is -2.20. The van der Waals surface area contributed by atoms with Gasteiger partial charge in [0.15, 0.2) is 5.71 Å². The Morgan fingerprint density at radius 3 is 1.52 bits per heavy atom. The number of nitrogens with one attached hydrogen (secondary N) is 1. The Morgan fingerprint density at radius 2 is 1.05 bits per heavy atom. The molecule has 5 aromatic carbocycles. The molecule has 0 radical (unpaired) electrons. The van der Waals surface area contributed by atoms with Crippen LogP contribution in [-0.2, 0) is 20.2 Å². The third-order valence-electron chi connectivity index (χ3n) is 7.97. The summed E-state index contributed by atoms with van der Waals surface area (Å²) < 4.78 is 70.0. The third kappa shape index (κ3) is 8.91. The molecule has 0 bridgehead atoms. The number of allylic oxidation sites excluding steroid dienone is 1. The number of benzene rings is 5. The molecule has 24 heteroatoms. The second kappa shape index (κ2) is 16.0. The summed E-state index contributed by atoms with van der Waals surface area (Å²) in [5, 5.41) is 28.6. The van der Waals surface area contributed by atoms with Crippen LogP contribution in [0.2, 0.25) is 10.0 Å². The number of anilines is 6. The van der Waals surface area contributed by atoms with E-state index in [9.17, 15) is 30.7 Å². The average molecular weight is 865 g/mol. The monoisotopic (exact) mass is 863 g/mol. The van der Waals surface area contributed by atoms with Crippen molar-refractivity contribution in [3.05, 3.63) is 105 Å². The third-order valence-corrected chi connectivity index (χ3v) is 10.4. The number of nitrogens with zero attached hydrogens (tertiary/aromatic N) is 7. The summed E-state index contributed by atoms with van der Waals surface area (Å²) in [4.78, 5) is 11.9. The Morgan fingerprint density at radius 1 is 0.586 bits per heavy atom. The lowest BCUT2D eigenvalue weighted by atomic mass is 9.92. The molecule has 13 N–H and O–H groups in total. The Bertz CT molecular complexity index is 2900. The molecule has 0 spiro atoms. The van der Waals surface area contributed by atoms with Crippen LogP contribution >= 0.6 is 23.2 Å². The number of halogens is 2.